The van der Waals surface area contributed by atoms with Gasteiger partial charge in [-0.05, 0) is 60.5 Å². The Kier molecular flexibility index (Phi) is 7.12. The molecule has 0 aliphatic rings. The minimum Gasteiger partial charge on any atom is -0.399 e. The molecule has 2 aromatic heterocycles. The molecule has 2 heterocycles. The van der Waals surface area contributed by atoms with Crippen molar-refractivity contribution in [2.45, 2.75) is 13.1 Å². The number of allylic oxidation sites excluding steroid dienone is 3. The highest BCUT2D eigenvalue weighted by atomic mass is 19.4. The molecule has 0 spiro atoms. The van der Waals surface area contributed by atoms with Gasteiger partial charge < -0.3 is 16.0 Å². The number of benzene rings is 1. The highest BCUT2D eigenvalue weighted by molar-refractivity contribution is 6.04. The molecule has 170 valence electrons. The van der Waals surface area contributed by atoms with E-state index in [1.54, 1.807) is 37.3 Å². The molecule has 1 amide bonds. The number of pyridine rings is 2. The molecule has 6 nitrogen and oxygen atoms in total. The van der Waals surface area contributed by atoms with Crippen LogP contribution in [0.4, 0.5) is 30.4 Å². The maximum atomic E-state index is 13.9. The van der Waals surface area contributed by atoms with Gasteiger partial charge in [0.1, 0.15) is 11.5 Å². The zero-order valence-electron chi connectivity index (χ0n) is 17.8. The van der Waals surface area contributed by atoms with Gasteiger partial charge in [-0.3, -0.25) is 9.78 Å². The summed E-state index contributed by atoms with van der Waals surface area (Å²) in [6.07, 6.45) is 0.590. The van der Waals surface area contributed by atoms with Gasteiger partial charge in [-0.15, -0.1) is 0 Å². The molecule has 0 radical (unpaired) electrons. The molecule has 0 aliphatic heterocycles. The Hall–Kier alpha value is -4.14. The van der Waals surface area contributed by atoms with E-state index in [-0.39, 0.29) is 23.6 Å². The number of nitrogens with one attached hydrogen (secondary N) is 1. The van der Waals surface area contributed by atoms with E-state index in [1.807, 2.05) is 0 Å². The summed E-state index contributed by atoms with van der Waals surface area (Å²) in [5.41, 5.74) is 6.43. The maximum Gasteiger partial charge on any atom is 0.431 e. The van der Waals surface area contributed by atoms with Crippen LogP contribution in [0.5, 0.6) is 0 Å². The first kappa shape index (κ1) is 23.5. The average molecular weight is 453 g/mol. The van der Waals surface area contributed by atoms with Crippen molar-refractivity contribution >= 4 is 28.7 Å². The lowest BCUT2D eigenvalue weighted by molar-refractivity contribution is -0.0932. The highest BCUT2D eigenvalue weighted by Gasteiger charge is 2.38. The SMILES string of the molecule is C=C(/C=C(\N(CC)c1ccc(NC(=O)c2cccc(N)c2)nc1)C(F)(F)F)c1cccnc1. The standard InChI is InChI=1S/C24H22F3N5O/c1-3-32(21(24(25,26)27)12-16(2)18-7-5-11-29-14-18)20-9-10-22(30-15-20)31-23(33)17-6-4-8-19(28)13-17/h4-15H,2-3,28H2,1H3,(H,30,31,33)/b21-12-. The van der Waals surface area contributed by atoms with Gasteiger partial charge in [0.25, 0.3) is 5.91 Å². The predicted molar refractivity (Wildman–Crippen MR) is 123 cm³/mol. The highest BCUT2D eigenvalue weighted by Crippen LogP contribution is 2.34. The Balaban J connectivity index is 1.85. The molecule has 3 rings (SSSR count). The molecule has 1 aromatic carbocycles. The smallest absolute Gasteiger partial charge is 0.399 e. The van der Waals surface area contributed by atoms with Crippen molar-refractivity contribution < 1.29 is 18.0 Å². The van der Waals surface area contributed by atoms with E-state index in [0.717, 1.165) is 11.0 Å². The third-order valence-corrected chi connectivity index (χ3v) is 4.69. The molecule has 0 unspecified atom stereocenters. The normalized spacial score (nSPS) is 11.7. The molecule has 0 bridgehead atoms. The molecular weight excluding hydrogens is 431 g/mol. The summed E-state index contributed by atoms with van der Waals surface area (Å²) >= 11 is 0. The summed E-state index contributed by atoms with van der Waals surface area (Å²) in [5, 5.41) is 2.60. The third kappa shape index (κ3) is 5.97. The van der Waals surface area contributed by atoms with E-state index in [2.05, 4.69) is 21.9 Å². The lowest BCUT2D eigenvalue weighted by atomic mass is 10.1. The van der Waals surface area contributed by atoms with Gasteiger partial charge in [0.05, 0.1) is 11.9 Å². The van der Waals surface area contributed by atoms with Crippen LogP contribution in [-0.2, 0) is 0 Å². The van der Waals surface area contributed by atoms with Gasteiger partial charge in [0.2, 0.25) is 0 Å². The van der Waals surface area contributed by atoms with Gasteiger partial charge in [0.15, 0.2) is 0 Å². The van der Waals surface area contributed by atoms with Crippen molar-refractivity contribution in [2.24, 2.45) is 0 Å². The minimum absolute atomic E-state index is 0.0301. The van der Waals surface area contributed by atoms with Crippen LogP contribution in [0.2, 0.25) is 0 Å². The van der Waals surface area contributed by atoms with E-state index in [0.29, 0.717) is 16.8 Å². The number of nitrogen functional groups attached to an aromatic ring is 1. The van der Waals surface area contributed by atoms with Crippen LogP contribution in [0.1, 0.15) is 22.8 Å². The van der Waals surface area contributed by atoms with Crippen molar-refractivity contribution in [3.05, 3.63) is 96.6 Å². The topological polar surface area (TPSA) is 84.1 Å². The molecule has 0 aliphatic carbocycles. The van der Waals surface area contributed by atoms with Crippen molar-refractivity contribution in [1.29, 1.82) is 0 Å². The fourth-order valence-electron chi connectivity index (χ4n) is 3.09. The van der Waals surface area contributed by atoms with Gasteiger partial charge in [-0.2, -0.15) is 13.2 Å². The average Bonchev–Trinajstić information content (AvgIpc) is 2.79. The van der Waals surface area contributed by atoms with Crippen LogP contribution in [0.3, 0.4) is 0 Å². The molecule has 0 saturated carbocycles. The fourth-order valence-corrected chi connectivity index (χ4v) is 3.09. The summed E-state index contributed by atoms with van der Waals surface area (Å²) in [6.45, 7) is 5.38. The van der Waals surface area contributed by atoms with Crippen molar-refractivity contribution in [3.8, 4) is 0 Å². The number of hydrogen-bond acceptors (Lipinski definition) is 5. The van der Waals surface area contributed by atoms with Gasteiger partial charge >= 0.3 is 6.18 Å². The second-order valence-corrected chi connectivity index (χ2v) is 7.02. The van der Waals surface area contributed by atoms with Gasteiger partial charge in [-0.25, -0.2) is 4.98 Å². The van der Waals surface area contributed by atoms with Gasteiger partial charge in [-0.1, -0.05) is 18.7 Å². The molecule has 0 atom stereocenters. The molecule has 33 heavy (non-hydrogen) atoms. The largest absolute Gasteiger partial charge is 0.431 e. The minimum atomic E-state index is -4.64. The summed E-state index contributed by atoms with van der Waals surface area (Å²) in [4.78, 5) is 21.5. The van der Waals surface area contributed by atoms with E-state index in [4.69, 9.17) is 5.73 Å². The zero-order valence-corrected chi connectivity index (χ0v) is 17.8. The monoisotopic (exact) mass is 453 g/mol. The quantitative estimate of drug-likeness (QED) is 0.375. The Morgan fingerprint density at radius 3 is 2.48 bits per heavy atom. The first-order valence-corrected chi connectivity index (χ1v) is 9.97. The zero-order chi connectivity index (χ0) is 24.0. The molecule has 9 heteroatoms. The summed E-state index contributed by atoms with van der Waals surface area (Å²) in [5.74, 6) is -0.238. The second kappa shape index (κ2) is 9.99. The number of nitrogens with two attached hydrogens (primary N) is 1. The number of halogens is 3. The molecule has 3 aromatic rings. The third-order valence-electron chi connectivity index (χ3n) is 4.69. The first-order chi connectivity index (χ1) is 15.7. The Labute approximate surface area is 189 Å². The number of aromatic nitrogens is 2. The van der Waals surface area contributed by atoms with Crippen LogP contribution in [0, 0.1) is 0 Å². The Morgan fingerprint density at radius 2 is 1.91 bits per heavy atom. The molecule has 3 N–H and O–H groups in total. The maximum absolute atomic E-state index is 13.9. The second-order valence-electron chi connectivity index (χ2n) is 7.02. The van der Waals surface area contributed by atoms with Crippen molar-refractivity contribution in [1.82, 2.24) is 9.97 Å². The van der Waals surface area contributed by atoms with Gasteiger partial charge in [0, 0.05) is 30.2 Å². The number of nitrogens with zero attached hydrogens (tertiary/aromatic N) is 3. The summed E-state index contributed by atoms with van der Waals surface area (Å²) in [7, 11) is 0. The Morgan fingerprint density at radius 1 is 1.15 bits per heavy atom. The number of hydrogen-bond donors (Lipinski definition) is 2. The number of carbonyl (C=O) groups is 1. The van der Waals surface area contributed by atoms with Crippen molar-refractivity contribution in [2.75, 3.05) is 22.5 Å². The number of rotatable bonds is 7. The molecular formula is C24H22F3N5O. The number of carbonyl (C=O) groups excluding carboxylic acids is 1. The van der Waals surface area contributed by atoms with E-state index >= 15 is 0 Å². The first-order valence-electron chi connectivity index (χ1n) is 9.97. The number of alkyl halides is 3. The predicted octanol–water partition coefficient (Wildman–Crippen LogP) is 5.30. The Bertz CT molecular complexity index is 1160. The van der Waals surface area contributed by atoms with Crippen LogP contribution < -0.4 is 16.0 Å². The van der Waals surface area contributed by atoms with Crippen LogP contribution in [-0.4, -0.2) is 28.6 Å². The van der Waals surface area contributed by atoms with Crippen LogP contribution in [0.25, 0.3) is 5.57 Å². The number of amides is 1. The lowest BCUT2D eigenvalue weighted by Gasteiger charge is -2.28. The summed E-state index contributed by atoms with van der Waals surface area (Å²) < 4.78 is 41.8. The fraction of sp³-hybridized carbons (Fsp3) is 0.125. The van der Waals surface area contributed by atoms with E-state index in [9.17, 15) is 18.0 Å². The van der Waals surface area contributed by atoms with E-state index < -0.39 is 17.8 Å². The van der Waals surface area contributed by atoms with E-state index in [1.165, 1.54) is 36.8 Å². The summed E-state index contributed by atoms with van der Waals surface area (Å²) in [6, 6.07) is 12.5. The van der Waals surface area contributed by atoms with Crippen LogP contribution >= 0.6 is 0 Å². The van der Waals surface area contributed by atoms with Crippen LogP contribution in [0.15, 0.2) is 85.5 Å². The molecule has 0 fully saturated rings. The molecule has 0 saturated heterocycles. The number of anilines is 3. The lowest BCUT2D eigenvalue weighted by Crippen LogP contribution is -2.32. The van der Waals surface area contributed by atoms with Crippen molar-refractivity contribution in [3.63, 3.8) is 0 Å².